The van der Waals surface area contributed by atoms with E-state index in [1.54, 1.807) is 0 Å². The van der Waals surface area contributed by atoms with E-state index in [0.29, 0.717) is 0 Å². The summed E-state index contributed by atoms with van der Waals surface area (Å²) in [6.07, 6.45) is 4.63. The van der Waals surface area contributed by atoms with Gasteiger partial charge in [-0.2, -0.15) is 0 Å². The fourth-order valence-electron chi connectivity index (χ4n) is 0.801. The Balaban J connectivity index is 2.85. The molecule has 0 saturated carbocycles. The van der Waals surface area contributed by atoms with Crippen LogP contribution in [0.1, 0.15) is 25.1 Å². The van der Waals surface area contributed by atoms with Crippen molar-refractivity contribution in [2.45, 2.75) is 26.7 Å². The highest BCUT2D eigenvalue weighted by Crippen LogP contribution is 2.05. The zero-order chi connectivity index (χ0) is 6.69. The first kappa shape index (κ1) is 6.33. The number of nitrogens with zero attached hydrogens (tertiary/aromatic N) is 1. The van der Waals surface area contributed by atoms with Crippen LogP contribution in [-0.2, 0) is 12.8 Å². The van der Waals surface area contributed by atoms with E-state index in [2.05, 4.69) is 29.8 Å². The predicted molar refractivity (Wildman–Crippen MR) is 34.1 cm³/mol. The summed E-state index contributed by atoms with van der Waals surface area (Å²) < 4.78 is 4.65. The van der Waals surface area contributed by atoms with Gasteiger partial charge in [0.25, 0.3) is 0 Å². The van der Waals surface area contributed by atoms with Crippen molar-refractivity contribution in [3.63, 3.8) is 0 Å². The summed E-state index contributed by atoms with van der Waals surface area (Å²) in [5.41, 5.74) is 2.15. The third kappa shape index (κ3) is 1.12. The topological polar surface area (TPSA) is 26.0 Å². The molecule has 1 radical (unpaired) electrons. The van der Waals surface area contributed by atoms with Gasteiger partial charge in [-0.15, -0.1) is 0 Å². The van der Waals surface area contributed by atoms with E-state index >= 15 is 0 Å². The first-order chi connectivity index (χ1) is 4.38. The molecule has 2 nitrogen and oxygen atoms in total. The third-order valence-corrected chi connectivity index (χ3v) is 1.36. The van der Waals surface area contributed by atoms with Crippen LogP contribution in [0.3, 0.4) is 0 Å². The normalized spacial score (nSPS) is 10.0. The quantitative estimate of drug-likeness (QED) is 0.598. The van der Waals surface area contributed by atoms with Gasteiger partial charge in [0.1, 0.15) is 0 Å². The Kier molecular flexibility index (Phi) is 1.88. The van der Waals surface area contributed by atoms with Crippen LogP contribution in [0.25, 0.3) is 0 Å². The van der Waals surface area contributed by atoms with E-state index in [-0.39, 0.29) is 0 Å². The number of aryl methyl sites for hydroxylation is 2. The monoisotopic (exact) mass is 124 g/mol. The summed E-state index contributed by atoms with van der Waals surface area (Å²) in [5.74, 6) is 0. The maximum Gasteiger partial charge on any atom is 0.208 e. The Hall–Kier alpha value is -0.790. The van der Waals surface area contributed by atoms with Crippen molar-refractivity contribution in [1.29, 1.82) is 0 Å². The molecule has 49 valence electrons. The fraction of sp³-hybridized carbons (Fsp3) is 0.571. The zero-order valence-corrected chi connectivity index (χ0v) is 5.77. The molecule has 0 unspecified atom stereocenters. The summed E-state index contributed by atoms with van der Waals surface area (Å²) in [5, 5.41) is 3.77. The molecular formula is C7H10NO. The maximum absolute atomic E-state index is 4.65. The Morgan fingerprint density at radius 2 is 2.22 bits per heavy atom. The smallest absolute Gasteiger partial charge is 0.208 e. The molecule has 1 aromatic rings. The van der Waals surface area contributed by atoms with E-state index in [0.717, 1.165) is 24.1 Å². The second kappa shape index (κ2) is 2.67. The Morgan fingerprint density at radius 3 is 2.67 bits per heavy atom. The third-order valence-electron chi connectivity index (χ3n) is 1.36. The number of hydrogen-bond acceptors (Lipinski definition) is 2. The fourth-order valence-corrected chi connectivity index (χ4v) is 0.801. The van der Waals surface area contributed by atoms with Gasteiger partial charge in [0.05, 0.1) is 5.69 Å². The second-order valence-corrected chi connectivity index (χ2v) is 1.92. The molecule has 0 saturated heterocycles. The van der Waals surface area contributed by atoms with Crippen LogP contribution < -0.4 is 0 Å². The lowest BCUT2D eigenvalue weighted by atomic mass is 10.2. The lowest BCUT2D eigenvalue weighted by molar-refractivity contribution is 0.405. The van der Waals surface area contributed by atoms with Crippen molar-refractivity contribution in [2.75, 3.05) is 0 Å². The largest absolute Gasteiger partial charge is 0.352 e. The first-order valence-electron chi connectivity index (χ1n) is 3.23. The number of aromatic nitrogens is 1. The molecule has 2 heteroatoms. The molecule has 0 aliphatic carbocycles. The average Bonchev–Trinajstić information content (AvgIpc) is 2.33. The van der Waals surface area contributed by atoms with Crippen molar-refractivity contribution in [3.8, 4) is 0 Å². The van der Waals surface area contributed by atoms with E-state index in [4.69, 9.17) is 0 Å². The van der Waals surface area contributed by atoms with Gasteiger partial charge in [-0.1, -0.05) is 19.0 Å². The van der Waals surface area contributed by atoms with Crippen molar-refractivity contribution in [2.24, 2.45) is 0 Å². The maximum atomic E-state index is 4.65. The highest BCUT2D eigenvalue weighted by Gasteiger charge is 2.01. The minimum Gasteiger partial charge on any atom is -0.352 e. The van der Waals surface area contributed by atoms with Crippen molar-refractivity contribution < 1.29 is 4.52 Å². The molecule has 1 heterocycles. The molecule has 0 atom stereocenters. The van der Waals surface area contributed by atoms with Crippen molar-refractivity contribution in [3.05, 3.63) is 17.5 Å². The van der Waals surface area contributed by atoms with Gasteiger partial charge >= 0.3 is 0 Å². The molecule has 0 N–H and O–H groups in total. The van der Waals surface area contributed by atoms with Crippen LogP contribution in [0, 0.1) is 6.26 Å². The molecule has 0 aliphatic rings. The van der Waals surface area contributed by atoms with Gasteiger partial charge in [-0.3, -0.25) is 0 Å². The van der Waals surface area contributed by atoms with E-state index < -0.39 is 0 Å². The van der Waals surface area contributed by atoms with Crippen molar-refractivity contribution in [1.82, 2.24) is 5.16 Å². The summed E-state index contributed by atoms with van der Waals surface area (Å²) >= 11 is 0. The lowest BCUT2D eigenvalue weighted by Gasteiger charge is -1.87. The van der Waals surface area contributed by atoms with Crippen molar-refractivity contribution >= 4 is 0 Å². The van der Waals surface area contributed by atoms with Gasteiger partial charge in [0.15, 0.2) is 0 Å². The first-order valence-corrected chi connectivity index (χ1v) is 3.23. The van der Waals surface area contributed by atoms with Gasteiger partial charge in [0, 0.05) is 5.56 Å². The molecule has 0 spiro atoms. The number of rotatable bonds is 2. The van der Waals surface area contributed by atoms with Crippen LogP contribution in [0.4, 0.5) is 0 Å². The molecule has 0 aliphatic heterocycles. The van der Waals surface area contributed by atoms with E-state index in [9.17, 15) is 0 Å². The SMILES string of the molecule is CCc1[c]onc1CC. The molecule has 9 heavy (non-hydrogen) atoms. The molecule has 0 aromatic carbocycles. The predicted octanol–water partition coefficient (Wildman–Crippen LogP) is 1.60. The van der Waals surface area contributed by atoms with Crippen LogP contribution in [-0.4, -0.2) is 5.16 Å². The summed E-state index contributed by atoms with van der Waals surface area (Å²) in [7, 11) is 0. The average molecular weight is 124 g/mol. The summed E-state index contributed by atoms with van der Waals surface area (Å²) in [6, 6.07) is 0. The lowest BCUT2D eigenvalue weighted by Crippen LogP contribution is -1.85. The number of hydrogen-bond donors (Lipinski definition) is 0. The molecular weight excluding hydrogens is 114 g/mol. The zero-order valence-electron chi connectivity index (χ0n) is 5.77. The molecule has 0 fully saturated rings. The van der Waals surface area contributed by atoms with E-state index in [1.807, 2.05) is 0 Å². The second-order valence-electron chi connectivity index (χ2n) is 1.92. The van der Waals surface area contributed by atoms with Crippen LogP contribution in [0.5, 0.6) is 0 Å². The van der Waals surface area contributed by atoms with E-state index in [1.165, 1.54) is 0 Å². The Morgan fingerprint density at radius 1 is 1.44 bits per heavy atom. The standard InChI is InChI=1S/C7H10NO/c1-3-6-5-9-8-7(6)4-2/h3-4H2,1-2H3. The Bertz CT molecular complexity index is 162. The van der Waals surface area contributed by atoms with Gasteiger partial charge < -0.3 is 4.52 Å². The highest BCUT2D eigenvalue weighted by molar-refractivity contribution is 5.12. The summed E-state index contributed by atoms with van der Waals surface area (Å²) in [4.78, 5) is 0. The highest BCUT2D eigenvalue weighted by atomic mass is 16.5. The molecule has 0 amide bonds. The van der Waals surface area contributed by atoms with Crippen LogP contribution >= 0.6 is 0 Å². The minimum absolute atomic E-state index is 0.941. The molecule has 1 aromatic heterocycles. The minimum atomic E-state index is 0.941. The molecule has 0 bridgehead atoms. The summed E-state index contributed by atoms with van der Waals surface area (Å²) in [6.45, 7) is 4.13. The van der Waals surface area contributed by atoms with Gasteiger partial charge in [-0.25, -0.2) is 0 Å². The van der Waals surface area contributed by atoms with Crippen LogP contribution in [0.15, 0.2) is 4.52 Å². The van der Waals surface area contributed by atoms with Gasteiger partial charge in [-0.05, 0) is 12.8 Å². The Labute approximate surface area is 54.9 Å². The molecule has 1 rings (SSSR count). The van der Waals surface area contributed by atoms with Crippen LogP contribution in [0.2, 0.25) is 0 Å². The van der Waals surface area contributed by atoms with Gasteiger partial charge in [0.2, 0.25) is 6.26 Å².